The van der Waals surface area contributed by atoms with Crippen LogP contribution in [0.2, 0.25) is 0 Å². The number of hydrazone groups is 1. The minimum atomic E-state index is -1.50. The standard InChI is InChI=1S/C9H13N3O5/c13-6(9(16)17)3-4-10-8(15)5-1-2-7(14)12-11-5/h6,13H,1-4H2,(H,10,15)(H,12,14)(H,16,17)/t6-/m0/s1. The largest absolute Gasteiger partial charge is 0.479 e. The van der Waals surface area contributed by atoms with Gasteiger partial charge in [0, 0.05) is 25.8 Å². The Morgan fingerprint density at radius 3 is 2.71 bits per heavy atom. The first-order valence-corrected chi connectivity index (χ1v) is 5.05. The number of hydrogen-bond acceptors (Lipinski definition) is 5. The summed E-state index contributed by atoms with van der Waals surface area (Å²) < 4.78 is 0. The van der Waals surface area contributed by atoms with E-state index in [0.717, 1.165) is 0 Å². The first kappa shape index (κ1) is 13.1. The molecule has 1 rings (SSSR count). The first-order chi connectivity index (χ1) is 8.00. The molecule has 0 radical (unpaired) electrons. The van der Waals surface area contributed by atoms with Crippen LogP contribution in [0.1, 0.15) is 19.3 Å². The number of rotatable bonds is 5. The second-order valence-corrected chi connectivity index (χ2v) is 3.49. The van der Waals surface area contributed by atoms with Gasteiger partial charge in [0.2, 0.25) is 5.91 Å². The number of carboxylic acids is 1. The summed E-state index contributed by atoms with van der Waals surface area (Å²) in [5.41, 5.74) is 2.36. The van der Waals surface area contributed by atoms with Crippen LogP contribution in [-0.2, 0) is 14.4 Å². The Morgan fingerprint density at radius 1 is 1.47 bits per heavy atom. The Hall–Kier alpha value is -1.96. The minimum absolute atomic E-state index is 0.0271. The van der Waals surface area contributed by atoms with E-state index in [-0.39, 0.29) is 37.4 Å². The van der Waals surface area contributed by atoms with Crippen molar-refractivity contribution in [3.63, 3.8) is 0 Å². The molecule has 0 unspecified atom stereocenters. The summed E-state index contributed by atoms with van der Waals surface area (Å²) in [6, 6.07) is 0. The summed E-state index contributed by atoms with van der Waals surface area (Å²) in [6.07, 6.45) is -1.13. The maximum absolute atomic E-state index is 11.4. The summed E-state index contributed by atoms with van der Waals surface area (Å²) in [6.45, 7) is 0.0271. The van der Waals surface area contributed by atoms with Crippen molar-refractivity contribution >= 4 is 23.5 Å². The van der Waals surface area contributed by atoms with Crippen molar-refractivity contribution in [3.05, 3.63) is 0 Å². The second kappa shape index (κ2) is 5.94. The maximum atomic E-state index is 11.4. The Kier molecular flexibility index (Phi) is 4.58. The van der Waals surface area contributed by atoms with Crippen molar-refractivity contribution in [1.82, 2.24) is 10.7 Å². The molecule has 0 bridgehead atoms. The van der Waals surface area contributed by atoms with E-state index in [1.165, 1.54) is 0 Å². The SMILES string of the molecule is O=C1CCC(C(=O)NCC[C@H](O)C(=O)O)=NN1. The van der Waals surface area contributed by atoms with Crippen molar-refractivity contribution in [2.75, 3.05) is 6.54 Å². The van der Waals surface area contributed by atoms with Gasteiger partial charge in [0.05, 0.1) is 0 Å². The molecule has 94 valence electrons. The Bertz CT molecular complexity index is 366. The number of aliphatic hydroxyl groups is 1. The van der Waals surface area contributed by atoms with E-state index in [1.807, 2.05) is 0 Å². The predicted molar refractivity (Wildman–Crippen MR) is 56.1 cm³/mol. The van der Waals surface area contributed by atoms with E-state index in [0.29, 0.717) is 0 Å². The number of carbonyl (C=O) groups excluding carboxylic acids is 2. The highest BCUT2D eigenvalue weighted by atomic mass is 16.4. The molecule has 0 aromatic rings. The number of nitrogens with one attached hydrogen (secondary N) is 2. The lowest BCUT2D eigenvalue weighted by Gasteiger charge is -2.12. The van der Waals surface area contributed by atoms with E-state index in [2.05, 4.69) is 15.8 Å². The van der Waals surface area contributed by atoms with Gasteiger partial charge >= 0.3 is 5.97 Å². The summed E-state index contributed by atoms with van der Waals surface area (Å²) in [7, 11) is 0. The molecular weight excluding hydrogens is 230 g/mol. The van der Waals surface area contributed by atoms with Crippen LogP contribution in [0.5, 0.6) is 0 Å². The number of aliphatic hydroxyl groups excluding tert-OH is 1. The molecule has 17 heavy (non-hydrogen) atoms. The minimum Gasteiger partial charge on any atom is -0.479 e. The van der Waals surface area contributed by atoms with Crippen molar-refractivity contribution in [3.8, 4) is 0 Å². The van der Waals surface area contributed by atoms with Crippen LogP contribution in [0, 0.1) is 0 Å². The molecule has 0 aromatic carbocycles. The molecule has 1 aliphatic rings. The van der Waals surface area contributed by atoms with Crippen LogP contribution >= 0.6 is 0 Å². The molecule has 0 saturated carbocycles. The van der Waals surface area contributed by atoms with E-state index in [1.54, 1.807) is 0 Å². The number of nitrogens with zero attached hydrogens (tertiary/aromatic N) is 1. The third-order valence-electron chi connectivity index (χ3n) is 2.15. The lowest BCUT2D eigenvalue weighted by molar-refractivity contribution is -0.147. The molecule has 8 heteroatoms. The van der Waals surface area contributed by atoms with Gasteiger partial charge in [0.25, 0.3) is 5.91 Å². The van der Waals surface area contributed by atoms with Crippen LogP contribution in [0.25, 0.3) is 0 Å². The lowest BCUT2D eigenvalue weighted by atomic mass is 10.1. The molecule has 0 aromatic heterocycles. The van der Waals surface area contributed by atoms with Crippen LogP contribution in [-0.4, -0.2) is 46.4 Å². The van der Waals surface area contributed by atoms with Gasteiger partial charge < -0.3 is 15.5 Å². The molecule has 2 amide bonds. The van der Waals surface area contributed by atoms with Crippen molar-refractivity contribution in [2.24, 2.45) is 5.10 Å². The van der Waals surface area contributed by atoms with E-state index >= 15 is 0 Å². The molecule has 0 saturated heterocycles. The van der Waals surface area contributed by atoms with E-state index in [4.69, 9.17) is 10.2 Å². The Balaban J connectivity index is 2.30. The fourth-order valence-electron chi connectivity index (χ4n) is 1.19. The quantitative estimate of drug-likeness (QED) is 0.453. The zero-order chi connectivity index (χ0) is 12.8. The van der Waals surface area contributed by atoms with Crippen LogP contribution in [0.15, 0.2) is 5.10 Å². The van der Waals surface area contributed by atoms with Gasteiger partial charge in [0.15, 0.2) is 6.10 Å². The average molecular weight is 243 g/mol. The number of hydrogen-bond donors (Lipinski definition) is 4. The normalized spacial score (nSPS) is 16.8. The highest BCUT2D eigenvalue weighted by Gasteiger charge is 2.18. The molecule has 4 N–H and O–H groups in total. The van der Waals surface area contributed by atoms with Gasteiger partial charge in [-0.3, -0.25) is 9.59 Å². The van der Waals surface area contributed by atoms with Gasteiger partial charge in [-0.1, -0.05) is 0 Å². The van der Waals surface area contributed by atoms with Gasteiger partial charge in [-0.25, -0.2) is 10.2 Å². The number of carbonyl (C=O) groups is 3. The highest BCUT2D eigenvalue weighted by molar-refractivity contribution is 6.39. The Labute approximate surface area is 96.7 Å². The van der Waals surface area contributed by atoms with Gasteiger partial charge in [-0.15, -0.1) is 0 Å². The van der Waals surface area contributed by atoms with Gasteiger partial charge in [0.1, 0.15) is 5.71 Å². The third kappa shape index (κ3) is 4.19. The maximum Gasteiger partial charge on any atom is 0.332 e. The topological polar surface area (TPSA) is 128 Å². The number of amides is 2. The van der Waals surface area contributed by atoms with Crippen molar-refractivity contribution in [2.45, 2.75) is 25.4 Å². The van der Waals surface area contributed by atoms with Crippen LogP contribution in [0.4, 0.5) is 0 Å². The summed E-state index contributed by atoms with van der Waals surface area (Å²) in [5, 5.41) is 23.3. The smallest absolute Gasteiger partial charge is 0.332 e. The summed E-state index contributed by atoms with van der Waals surface area (Å²) >= 11 is 0. The molecular formula is C9H13N3O5. The van der Waals surface area contributed by atoms with Gasteiger partial charge in [-0.2, -0.15) is 5.10 Å². The molecule has 8 nitrogen and oxygen atoms in total. The van der Waals surface area contributed by atoms with E-state index in [9.17, 15) is 14.4 Å². The zero-order valence-electron chi connectivity index (χ0n) is 8.97. The fraction of sp³-hybridized carbons (Fsp3) is 0.556. The van der Waals surface area contributed by atoms with Gasteiger partial charge in [-0.05, 0) is 0 Å². The first-order valence-electron chi connectivity index (χ1n) is 5.05. The number of carboxylic acid groups (broad SMARTS) is 1. The van der Waals surface area contributed by atoms with Crippen molar-refractivity contribution in [1.29, 1.82) is 0 Å². The Morgan fingerprint density at radius 2 is 2.18 bits per heavy atom. The summed E-state index contributed by atoms with van der Waals surface area (Å²) in [5.74, 6) is -2.05. The third-order valence-corrected chi connectivity index (χ3v) is 2.15. The van der Waals surface area contributed by atoms with E-state index < -0.39 is 18.0 Å². The van der Waals surface area contributed by atoms with Crippen LogP contribution < -0.4 is 10.7 Å². The summed E-state index contributed by atoms with van der Waals surface area (Å²) in [4.78, 5) is 32.5. The fourth-order valence-corrected chi connectivity index (χ4v) is 1.19. The molecule has 0 spiro atoms. The molecule has 0 aliphatic carbocycles. The predicted octanol–water partition coefficient (Wildman–Crippen LogP) is -1.80. The lowest BCUT2D eigenvalue weighted by Crippen LogP contribution is -2.38. The number of aliphatic carboxylic acids is 1. The van der Waals surface area contributed by atoms with Crippen molar-refractivity contribution < 1.29 is 24.6 Å². The molecule has 1 atom stereocenters. The zero-order valence-corrected chi connectivity index (χ0v) is 8.97. The molecule has 0 fully saturated rings. The highest BCUT2D eigenvalue weighted by Crippen LogP contribution is 1.99. The average Bonchev–Trinajstić information content (AvgIpc) is 2.29. The second-order valence-electron chi connectivity index (χ2n) is 3.49. The molecule has 1 heterocycles. The van der Waals surface area contributed by atoms with Crippen LogP contribution in [0.3, 0.4) is 0 Å². The molecule has 1 aliphatic heterocycles. The monoisotopic (exact) mass is 243 g/mol.